The molecule has 1 aromatic carbocycles. The van der Waals surface area contributed by atoms with Gasteiger partial charge in [-0.3, -0.25) is 14.5 Å². The van der Waals surface area contributed by atoms with E-state index in [0.29, 0.717) is 28.7 Å². The summed E-state index contributed by atoms with van der Waals surface area (Å²) in [6.45, 7) is 0.792. The number of hydrogen-bond acceptors (Lipinski definition) is 3. The van der Waals surface area contributed by atoms with E-state index in [2.05, 4.69) is 5.32 Å². The van der Waals surface area contributed by atoms with Crippen LogP contribution in [-0.2, 0) is 9.59 Å². The van der Waals surface area contributed by atoms with Gasteiger partial charge in [-0.25, -0.2) is 0 Å². The van der Waals surface area contributed by atoms with Crippen molar-refractivity contribution >= 4 is 40.7 Å². The average Bonchev–Trinajstić information content (AvgIpc) is 2.43. The second-order valence-electron chi connectivity index (χ2n) is 5.06. The van der Waals surface area contributed by atoms with Crippen molar-refractivity contribution in [1.29, 1.82) is 0 Å². The van der Waals surface area contributed by atoms with Crippen LogP contribution in [-0.4, -0.2) is 35.8 Å². The van der Waals surface area contributed by atoms with Gasteiger partial charge in [-0.05, 0) is 37.6 Å². The molecule has 0 aliphatic carbocycles. The number of carbonyl (C=O) groups is 2. The summed E-state index contributed by atoms with van der Waals surface area (Å²) in [4.78, 5) is 25.3. The molecule has 0 bridgehead atoms. The molecule has 0 radical (unpaired) electrons. The Balaban J connectivity index is 2.00. The van der Waals surface area contributed by atoms with E-state index in [0.717, 1.165) is 12.8 Å². The summed E-state index contributed by atoms with van der Waals surface area (Å²) in [5, 5.41) is 3.61. The van der Waals surface area contributed by atoms with E-state index in [-0.39, 0.29) is 24.4 Å². The van der Waals surface area contributed by atoms with Crippen molar-refractivity contribution in [3.63, 3.8) is 0 Å². The molecule has 7 heteroatoms. The molecule has 2 amide bonds. The second-order valence-corrected chi connectivity index (χ2v) is 5.90. The lowest BCUT2D eigenvalue weighted by atomic mass is 10.0. The van der Waals surface area contributed by atoms with Crippen LogP contribution < -0.4 is 11.1 Å². The first-order chi connectivity index (χ1) is 9.97. The lowest BCUT2D eigenvalue weighted by Crippen LogP contribution is -2.50. The molecule has 0 aromatic heterocycles. The molecule has 5 nitrogen and oxygen atoms in total. The number of nitrogens with one attached hydrogen (secondary N) is 1. The van der Waals surface area contributed by atoms with Crippen LogP contribution in [0.15, 0.2) is 18.2 Å². The third-order valence-corrected chi connectivity index (χ3v) is 4.06. The summed E-state index contributed by atoms with van der Waals surface area (Å²) < 4.78 is 0. The normalized spacial score (nSPS) is 19.2. The number of rotatable bonds is 4. The summed E-state index contributed by atoms with van der Waals surface area (Å²) >= 11 is 11.9. The van der Waals surface area contributed by atoms with Crippen LogP contribution in [0.25, 0.3) is 0 Å². The van der Waals surface area contributed by atoms with Gasteiger partial charge < -0.3 is 11.1 Å². The molecule has 1 aromatic rings. The first-order valence-corrected chi connectivity index (χ1v) is 7.51. The molecule has 3 N–H and O–H groups in total. The monoisotopic (exact) mass is 329 g/mol. The van der Waals surface area contributed by atoms with Crippen molar-refractivity contribution in [3.05, 3.63) is 28.2 Å². The molecule has 21 heavy (non-hydrogen) atoms. The summed E-state index contributed by atoms with van der Waals surface area (Å²) in [6, 6.07) is 4.48. The van der Waals surface area contributed by atoms with Crippen molar-refractivity contribution in [2.24, 2.45) is 5.73 Å². The maximum Gasteiger partial charge on any atom is 0.238 e. The number of hydrogen-bond donors (Lipinski definition) is 2. The van der Waals surface area contributed by atoms with Gasteiger partial charge in [0.2, 0.25) is 11.8 Å². The number of piperidine rings is 1. The molecule has 0 spiro atoms. The summed E-state index contributed by atoms with van der Waals surface area (Å²) in [6.07, 6.45) is 2.60. The number of halogens is 2. The predicted octanol–water partition coefficient (Wildman–Crippen LogP) is 2.27. The fourth-order valence-electron chi connectivity index (χ4n) is 2.47. The lowest BCUT2D eigenvalue weighted by molar-refractivity contribution is -0.126. The van der Waals surface area contributed by atoms with Gasteiger partial charge in [-0.2, -0.15) is 0 Å². The highest BCUT2D eigenvalue weighted by Crippen LogP contribution is 2.25. The van der Waals surface area contributed by atoms with E-state index >= 15 is 0 Å². The zero-order valence-corrected chi connectivity index (χ0v) is 13.0. The summed E-state index contributed by atoms with van der Waals surface area (Å²) in [5.41, 5.74) is 5.84. The van der Waals surface area contributed by atoms with Gasteiger partial charge in [0, 0.05) is 5.02 Å². The highest BCUT2D eigenvalue weighted by molar-refractivity contribution is 6.35. The minimum absolute atomic E-state index is 0.108. The van der Waals surface area contributed by atoms with Gasteiger partial charge in [0.25, 0.3) is 0 Å². The molecule has 1 aliphatic rings. The Kier molecular flexibility index (Phi) is 5.45. The highest BCUT2D eigenvalue weighted by atomic mass is 35.5. The van der Waals surface area contributed by atoms with E-state index in [1.807, 2.05) is 0 Å². The Morgan fingerprint density at radius 1 is 1.33 bits per heavy atom. The number of carbonyl (C=O) groups excluding carboxylic acids is 2. The van der Waals surface area contributed by atoms with Crippen molar-refractivity contribution in [1.82, 2.24) is 4.90 Å². The molecule has 1 atom stereocenters. The smallest absolute Gasteiger partial charge is 0.238 e. The summed E-state index contributed by atoms with van der Waals surface area (Å²) in [7, 11) is 0. The molecule has 1 aliphatic heterocycles. The molecular weight excluding hydrogens is 313 g/mol. The maximum absolute atomic E-state index is 12.1. The third kappa shape index (κ3) is 4.33. The number of primary amides is 1. The van der Waals surface area contributed by atoms with Gasteiger partial charge in [-0.1, -0.05) is 29.6 Å². The largest absolute Gasteiger partial charge is 0.368 e. The van der Waals surface area contributed by atoms with Crippen LogP contribution in [0, 0.1) is 0 Å². The van der Waals surface area contributed by atoms with Crippen molar-refractivity contribution in [3.8, 4) is 0 Å². The Bertz CT molecular complexity index is 551. The number of amides is 2. The fourth-order valence-corrected chi connectivity index (χ4v) is 2.81. The number of likely N-dealkylation sites (tertiary alicyclic amines) is 1. The topological polar surface area (TPSA) is 75.4 Å². The Labute approximate surface area is 133 Å². The van der Waals surface area contributed by atoms with Crippen LogP contribution in [0.3, 0.4) is 0 Å². The Morgan fingerprint density at radius 3 is 2.81 bits per heavy atom. The predicted molar refractivity (Wildman–Crippen MR) is 83.5 cm³/mol. The van der Waals surface area contributed by atoms with Gasteiger partial charge in [0.15, 0.2) is 0 Å². The van der Waals surface area contributed by atoms with Crippen molar-refractivity contribution < 1.29 is 9.59 Å². The van der Waals surface area contributed by atoms with Crippen molar-refractivity contribution in [2.45, 2.75) is 25.3 Å². The van der Waals surface area contributed by atoms with E-state index in [1.54, 1.807) is 23.1 Å². The van der Waals surface area contributed by atoms with Crippen LogP contribution in [0.4, 0.5) is 5.69 Å². The number of nitrogens with zero attached hydrogens (tertiary/aromatic N) is 1. The average molecular weight is 330 g/mol. The van der Waals surface area contributed by atoms with Crippen molar-refractivity contribution in [2.75, 3.05) is 18.4 Å². The van der Waals surface area contributed by atoms with Gasteiger partial charge in [0.05, 0.1) is 23.3 Å². The van der Waals surface area contributed by atoms with Crippen LogP contribution in [0.1, 0.15) is 19.3 Å². The third-order valence-electron chi connectivity index (χ3n) is 3.49. The van der Waals surface area contributed by atoms with E-state index in [9.17, 15) is 9.59 Å². The zero-order valence-electron chi connectivity index (χ0n) is 11.4. The standard InChI is InChI=1S/C14H17Cl2N3O2/c15-9-4-5-10(16)11(7-9)18-13(20)8-19-6-2-1-3-12(19)14(17)21/h4-5,7,12H,1-3,6,8H2,(H2,17,21)(H,18,20)/t12-/m1/s1. The molecule has 2 rings (SSSR count). The van der Waals surface area contributed by atoms with E-state index in [1.165, 1.54) is 0 Å². The number of anilines is 1. The molecule has 0 unspecified atom stereocenters. The Morgan fingerprint density at radius 2 is 2.10 bits per heavy atom. The molecular formula is C14H17Cl2N3O2. The zero-order chi connectivity index (χ0) is 15.4. The highest BCUT2D eigenvalue weighted by Gasteiger charge is 2.28. The number of benzene rings is 1. The fraction of sp³-hybridized carbons (Fsp3) is 0.429. The minimum atomic E-state index is -0.386. The first-order valence-electron chi connectivity index (χ1n) is 6.75. The molecule has 114 valence electrons. The van der Waals surface area contributed by atoms with E-state index in [4.69, 9.17) is 28.9 Å². The van der Waals surface area contributed by atoms with Crippen LogP contribution >= 0.6 is 23.2 Å². The van der Waals surface area contributed by atoms with Gasteiger partial charge >= 0.3 is 0 Å². The molecule has 1 fully saturated rings. The SMILES string of the molecule is NC(=O)[C@H]1CCCCN1CC(=O)Nc1cc(Cl)ccc1Cl. The number of nitrogens with two attached hydrogens (primary N) is 1. The Hall–Kier alpha value is -1.30. The lowest BCUT2D eigenvalue weighted by Gasteiger charge is -2.32. The summed E-state index contributed by atoms with van der Waals surface area (Å²) in [5.74, 6) is -0.629. The minimum Gasteiger partial charge on any atom is -0.368 e. The van der Waals surface area contributed by atoms with Crippen LogP contribution in [0.5, 0.6) is 0 Å². The first kappa shape index (κ1) is 16.1. The second kappa shape index (κ2) is 7.11. The molecule has 1 saturated heterocycles. The van der Waals surface area contributed by atoms with Gasteiger partial charge in [-0.15, -0.1) is 0 Å². The maximum atomic E-state index is 12.1. The molecule has 0 saturated carbocycles. The molecule has 1 heterocycles. The van der Waals surface area contributed by atoms with Crippen LogP contribution in [0.2, 0.25) is 10.0 Å². The van der Waals surface area contributed by atoms with Gasteiger partial charge in [0.1, 0.15) is 0 Å². The van der Waals surface area contributed by atoms with E-state index < -0.39 is 0 Å². The quantitative estimate of drug-likeness (QED) is 0.889.